The van der Waals surface area contributed by atoms with Crippen molar-refractivity contribution in [3.05, 3.63) is 30.1 Å². The lowest BCUT2D eigenvalue weighted by molar-refractivity contribution is -0.142. The Labute approximate surface area is 188 Å². The number of carbonyl (C=O) groups is 3. The second kappa shape index (κ2) is 9.75. The van der Waals surface area contributed by atoms with E-state index in [4.69, 9.17) is 9.47 Å². The second-order valence-electron chi connectivity index (χ2n) is 9.27. The van der Waals surface area contributed by atoms with Crippen LogP contribution in [0.2, 0.25) is 0 Å². The third kappa shape index (κ3) is 6.11. The molecule has 0 bridgehead atoms. The standard InChI is InChI=1S/C23H32FN3O5/c1-16(28)27-15-19(31-18-8-5-7-17(24)13-18)14-20(27)21(29)25-9-6-10-26(12-11-25)22(30)32-23(2,3)4/h5,7-8,13,19-20H,6,9-12,14-15H2,1-4H3. The predicted molar refractivity (Wildman–Crippen MR) is 116 cm³/mol. The van der Waals surface area contributed by atoms with E-state index in [1.807, 2.05) is 20.8 Å². The van der Waals surface area contributed by atoms with Crippen molar-refractivity contribution in [3.8, 4) is 5.75 Å². The number of halogens is 1. The number of hydrogen-bond acceptors (Lipinski definition) is 5. The van der Waals surface area contributed by atoms with E-state index in [2.05, 4.69) is 0 Å². The fourth-order valence-corrected chi connectivity index (χ4v) is 4.06. The Balaban J connectivity index is 1.63. The number of rotatable bonds is 3. The summed E-state index contributed by atoms with van der Waals surface area (Å²) in [5, 5.41) is 0. The topological polar surface area (TPSA) is 79.4 Å². The lowest BCUT2D eigenvalue weighted by Gasteiger charge is -2.29. The molecule has 0 aromatic heterocycles. The first-order chi connectivity index (χ1) is 15.0. The van der Waals surface area contributed by atoms with Crippen molar-refractivity contribution in [3.63, 3.8) is 0 Å². The lowest BCUT2D eigenvalue weighted by Crippen LogP contribution is -2.48. The van der Waals surface area contributed by atoms with Gasteiger partial charge in [0.1, 0.15) is 29.3 Å². The molecule has 1 aromatic carbocycles. The average Bonchev–Trinajstić information content (AvgIpc) is 2.95. The molecule has 0 spiro atoms. The van der Waals surface area contributed by atoms with Gasteiger partial charge >= 0.3 is 6.09 Å². The summed E-state index contributed by atoms with van der Waals surface area (Å²) in [5.41, 5.74) is -0.582. The summed E-state index contributed by atoms with van der Waals surface area (Å²) in [7, 11) is 0. The van der Waals surface area contributed by atoms with Crippen LogP contribution in [-0.4, -0.2) is 83.1 Å². The first-order valence-electron chi connectivity index (χ1n) is 11.0. The van der Waals surface area contributed by atoms with Crippen molar-refractivity contribution < 1.29 is 28.2 Å². The molecule has 176 valence electrons. The van der Waals surface area contributed by atoms with Crippen LogP contribution in [0.3, 0.4) is 0 Å². The van der Waals surface area contributed by atoms with E-state index in [1.165, 1.54) is 24.0 Å². The van der Waals surface area contributed by atoms with Crippen molar-refractivity contribution >= 4 is 17.9 Å². The molecule has 32 heavy (non-hydrogen) atoms. The number of ether oxygens (including phenoxy) is 2. The molecule has 2 saturated heterocycles. The largest absolute Gasteiger partial charge is 0.488 e. The lowest BCUT2D eigenvalue weighted by atomic mass is 10.1. The van der Waals surface area contributed by atoms with E-state index in [9.17, 15) is 18.8 Å². The molecule has 0 N–H and O–H groups in total. The van der Waals surface area contributed by atoms with Crippen LogP contribution in [0.4, 0.5) is 9.18 Å². The SMILES string of the molecule is CC(=O)N1CC(Oc2cccc(F)c2)CC1C(=O)N1CCCN(C(=O)OC(C)(C)C)CC1. The number of carbonyl (C=O) groups excluding carboxylic acids is 3. The molecule has 2 fully saturated rings. The van der Waals surface area contributed by atoms with Crippen molar-refractivity contribution in [1.82, 2.24) is 14.7 Å². The fraction of sp³-hybridized carbons (Fsp3) is 0.609. The maximum atomic E-state index is 13.5. The molecule has 3 rings (SSSR count). The maximum absolute atomic E-state index is 13.5. The minimum Gasteiger partial charge on any atom is -0.488 e. The maximum Gasteiger partial charge on any atom is 0.410 e. The molecule has 1 aromatic rings. The van der Waals surface area contributed by atoms with Crippen molar-refractivity contribution in [2.75, 3.05) is 32.7 Å². The van der Waals surface area contributed by atoms with Crippen molar-refractivity contribution in [1.29, 1.82) is 0 Å². The van der Waals surface area contributed by atoms with Gasteiger partial charge in [0.05, 0.1) is 6.54 Å². The number of likely N-dealkylation sites (tertiary alicyclic amines) is 1. The number of hydrogen-bond donors (Lipinski definition) is 0. The van der Waals surface area contributed by atoms with Crippen LogP contribution in [-0.2, 0) is 14.3 Å². The van der Waals surface area contributed by atoms with Crippen LogP contribution in [0.1, 0.15) is 40.5 Å². The Hall–Kier alpha value is -2.84. The van der Waals surface area contributed by atoms with Crippen molar-refractivity contribution in [2.24, 2.45) is 0 Å². The van der Waals surface area contributed by atoms with Crippen LogP contribution in [0.15, 0.2) is 24.3 Å². The Morgan fingerprint density at radius 2 is 1.75 bits per heavy atom. The quantitative estimate of drug-likeness (QED) is 0.709. The Morgan fingerprint density at radius 3 is 2.41 bits per heavy atom. The molecule has 2 atom stereocenters. The predicted octanol–water partition coefficient (Wildman–Crippen LogP) is 2.66. The van der Waals surface area contributed by atoms with Gasteiger partial charge in [-0.15, -0.1) is 0 Å². The van der Waals surface area contributed by atoms with Gasteiger partial charge < -0.3 is 24.2 Å². The highest BCUT2D eigenvalue weighted by atomic mass is 19.1. The Morgan fingerprint density at radius 1 is 1.06 bits per heavy atom. The minimum absolute atomic E-state index is 0.156. The zero-order valence-electron chi connectivity index (χ0n) is 19.2. The molecule has 0 radical (unpaired) electrons. The number of nitrogens with zero attached hydrogens (tertiary/aromatic N) is 3. The Bertz CT molecular complexity index is 856. The van der Waals surface area contributed by atoms with Gasteiger partial charge in [0, 0.05) is 45.6 Å². The van der Waals surface area contributed by atoms with E-state index in [1.54, 1.807) is 21.9 Å². The molecule has 0 aliphatic carbocycles. The normalized spacial score (nSPS) is 21.8. The van der Waals surface area contributed by atoms with Gasteiger partial charge in [-0.05, 0) is 39.3 Å². The molecular weight excluding hydrogens is 417 g/mol. The van der Waals surface area contributed by atoms with Crippen LogP contribution in [0, 0.1) is 5.82 Å². The van der Waals surface area contributed by atoms with E-state index < -0.39 is 23.6 Å². The van der Waals surface area contributed by atoms with Crippen molar-refractivity contribution in [2.45, 2.75) is 58.3 Å². The number of amides is 3. The summed E-state index contributed by atoms with van der Waals surface area (Å²) in [4.78, 5) is 42.7. The summed E-state index contributed by atoms with van der Waals surface area (Å²) < 4.78 is 24.8. The molecule has 3 amide bonds. The highest BCUT2D eigenvalue weighted by Gasteiger charge is 2.41. The third-order valence-corrected chi connectivity index (χ3v) is 5.51. The first kappa shape index (κ1) is 23.8. The van der Waals surface area contributed by atoms with E-state index in [-0.39, 0.29) is 24.5 Å². The van der Waals surface area contributed by atoms with Gasteiger partial charge in [-0.3, -0.25) is 9.59 Å². The van der Waals surface area contributed by atoms with Crippen LogP contribution in [0.5, 0.6) is 5.75 Å². The zero-order chi connectivity index (χ0) is 23.5. The monoisotopic (exact) mass is 449 g/mol. The molecule has 2 aliphatic rings. The molecule has 2 aliphatic heterocycles. The minimum atomic E-state index is -0.640. The summed E-state index contributed by atoms with van der Waals surface area (Å²) in [6.07, 6.45) is 0.170. The molecule has 2 heterocycles. The molecule has 8 nitrogen and oxygen atoms in total. The summed E-state index contributed by atoms with van der Waals surface area (Å²) in [5.74, 6) is -0.402. The van der Waals surface area contributed by atoms with Gasteiger partial charge in [0.2, 0.25) is 11.8 Å². The summed E-state index contributed by atoms with van der Waals surface area (Å²) in [6, 6.07) is 5.18. The van der Waals surface area contributed by atoms with Gasteiger partial charge in [0.15, 0.2) is 0 Å². The summed E-state index contributed by atoms with van der Waals surface area (Å²) in [6.45, 7) is 8.89. The molecular formula is C23H32FN3O5. The Kier molecular flexibility index (Phi) is 7.26. The van der Waals surface area contributed by atoms with Gasteiger partial charge in [-0.1, -0.05) is 6.07 Å². The van der Waals surface area contributed by atoms with E-state index >= 15 is 0 Å². The number of benzene rings is 1. The van der Waals surface area contributed by atoms with Crippen LogP contribution >= 0.6 is 0 Å². The fourth-order valence-electron chi connectivity index (χ4n) is 4.06. The van der Waals surface area contributed by atoms with Gasteiger partial charge in [0.25, 0.3) is 0 Å². The highest BCUT2D eigenvalue weighted by molar-refractivity contribution is 5.87. The summed E-state index contributed by atoms with van der Waals surface area (Å²) >= 11 is 0. The first-order valence-corrected chi connectivity index (χ1v) is 11.0. The zero-order valence-corrected chi connectivity index (χ0v) is 19.2. The van der Waals surface area contributed by atoms with Crippen LogP contribution in [0.25, 0.3) is 0 Å². The molecule has 0 saturated carbocycles. The van der Waals surface area contributed by atoms with Gasteiger partial charge in [-0.25, -0.2) is 9.18 Å². The van der Waals surface area contributed by atoms with Gasteiger partial charge in [-0.2, -0.15) is 0 Å². The molecule has 9 heteroatoms. The smallest absolute Gasteiger partial charge is 0.410 e. The second-order valence-corrected chi connectivity index (χ2v) is 9.27. The third-order valence-electron chi connectivity index (χ3n) is 5.51. The average molecular weight is 450 g/mol. The van der Waals surface area contributed by atoms with E-state index in [0.29, 0.717) is 44.8 Å². The molecule has 2 unspecified atom stereocenters. The van der Waals surface area contributed by atoms with Crippen LogP contribution < -0.4 is 4.74 Å². The highest BCUT2D eigenvalue weighted by Crippen LogP contribution is 2.25. The van der Waals surface area contributed by atoms with E-state index in [0.717, 1.165) is 0 Å².